The molecule has 6 N–H and O–H groups in total. The summed E-state index contributed by atoms with van der Waals surface area (Å²) in [6.45, 7) is 9.99. The molecular formula is C23H39NO9S. The Bertz CT molecular complexity index is 577. The summed E-state index contributed by atoms with van der Waals surface area (Å²) in [6.07, 6.45) is 5.97. The van der Waals surface area contributed by atoms with Crippen LogP contribution in [0.25, 0.3) is 0 Å². The Kier molecular flexibility index (Phi) is 22.9. The average Bonchev–Trinajstić information content (AvgIpc) is 2.89. The van der Waals surface area contributed by atoms with Crippen molar-refractivity contribution < 1.29 is 44.7 Å². The molecule has 1 aliphatic rings. The van der Waals surface area contributed by atoms with E-state index < -0.39 is 12.2 Å². The number of amides is 1. The number of hydrogen-bond donors (Lipinski definition) is 6. The van der Waals surface area contributed by atoms with E-state index in [4.69, 9.17) is 30.3 Å². The third-order valence-electron chi connectivity index (χ3n) is 4.56. The topological polar surface area (TPSA) is 174 Å². The SMILES string of the molecule is C=CC(=O)NCC(O)CO.C=CC(=O)OCC1CCC(CO)CC1.C=CC(=O)SCC(O)CO. The van der Waals surface area contributed by atoms with Crippen molar-refractivity contribution >= 4 is 28.8 Å². The Labute approximate surface area is 205 Å². The van der Waals surface area contributed by atoms with Crippen molar-refractivity contribution in [1.82, 2.24) is 5.32 Å². The molecule has 34 heavy (non-hydrogen) atoms. The van der Waals surface area contributed by atoms with E-state index >= 15 is 0 Å². The van der Waals surface area contributed by atoms with Crippen LogP contribution in [0.4, 0.5) is 0 Å². The Morgan fingerprint density at radius 1 is 0.912 bits per heavy atom. The molecule has 11 heteroatoms. The van der Waals surface area contributed by atoms with Crippen molar-refractivity contribution in [3.63, 3.8) is 0 Å². The molecule has 2 atom stereocenters. The Morgan fingerprint density at radius 2 is 1.47 bits per heavy atom. The molecule has 0 aromatic carbocycles. The van der Waals surface area contributed by atoms with Gasteiger partial charge in [-0.3, -0.25) is 9.59 Å². The van der Waals surface area contributed by atoms with Gasteiger partial charge in [-0.1, -0.05) is 31.5 Å². The maximum Gasteiger partial charge on any atom is 0.330 e. The van der Waals surface area contributed by atoms with E-state index in [1.807, 2.05) is 0 Å². The van der Waals surface area contributed by atoms with Gasteiger partial charge in [0, 0.05) is 25.0 Å². The summed E-state index contributed by atoms with van der Waals surface area (Å²) in [7, 11) is 0. The van der Waals surface area contributed by atoms with Crippen LogP contribution < -0.4 is 5.32 Å². The molecule has 0 aromatic heterocycles. The van der Waals surface area contributed by atoms with Crippen LogP contribution in [0, 0.1) is 11.8 Å². The molecular weight excluding hydrogens is 466 g/mol. The highest BCUT2D eigenvalue weighted by Gasteiger charge is 2.21. The fraction of sp³-hybridized carbons (Fsp3) is 0.609. The van der Waals surface area contributed by atoms with Gasteiger partial charge in [-0.05, 0) is 49.7 Å². The first-order chi connectivity index (χ1) is 16.2. The second kappa shape index (κ2) is 22.8. The maximum atomic E-state index is 10.8. The molecule has 1 saturated carbocycles. The number of esters is 1. The van der Waals surface area contributed by atoms with Crippen LogP contribution in [0.2, 0.25) is 0 Å². The van der Waals surface area contributed by atoms with Gasteiger partial charge >= 0.3 is 5.97 Å². The lowest BCUT2D eigenvalue weighted by Crippen LogP contribution is -2.32. The number of thioether (sulfide) groups is 1. The lowest BCUT2D eigenvalue weighted by atomic mass is 9.83. The smallest absolute Gasteiger partial charge is 0.330 e. The molecule has 0 aromatic rings. The number of hydrogen-bond acceptors (Lipinski definition) is 10. The molecule has 0 radical (unpaired) electrons. The number of carbonyl (C=O) groups is 3. The first-order valence-corrected chi connectivity index (χ1v) is 11.8. The highest BCUT2D eigenvalue weighted by atomic mass is 32.2. The first-order valence-electron chi connectivity index (χ1n) is 10.8. The molecule has 1 amide bonds. The third kappa shape index (κ3) is 20.6. The van der Waals surface area contributed by atoms with Crippen molar-refractivity contribution in [1.29, 1.82) is 0 Å². The van der Waals surface area contributed by atoms with E-state index in [9.17, 15) is 14.4 Å². The van der Waals surface area contributed by atoms with Crippen molar-refractivity contribution in [2.24, 2.45) is 11.8 Å². The zero-order chi connectivity index (χ0) is 26.4. The Balaban J connectivity index is 0. The summed E-state index contributed by atoms with van der Waals surface area (Å²) < 4.78 is 4.98. The van der Waals surface area contributed by atoms with E-state index in [0.29, 0.717) is 25.0 Å². The van der Waals surface area contributed by atoms with Gasteiger partial charge in [0.05, 0.1) is 32.0 Å². The second-order valence-corrected chi connectivity index (χ2v) is 8.38. The zero-order valence-corrected chi connectivity index (χ0v) is 20.3. The van der Waals surface area contributed by atoms with Crippen molar-refractivity contribution in [2.75, 3.05) is 38.7 Å². The van der Waals surface area contributed by atoms with Crippen LogP contribution in [-0.2, 0) is 19.1 Å². The second-order valence-electron chi connectivity index (χ2n) is 7.36. The molecule has 1 aliphatic carbocycles. The number of rotatable bonds is 12. The maximum absolute atomic E-state index is 10.8. The summed E-state index contributed by atoms with van der Waals surface area (Å²) in [6, 6.07) is 0. The van der Waals surface area contributed by atoms with E-state index in [0.717, 1.165) is 43.5 Å². The number of ether oxygens (including phenoxy) is 1. The minimum atomic E-state index is -0.885. The monoisotopic (exact) mass is 505 g/mol. The lowest BCUT2D eigenvalue weighted by molar-refractivity contribution is -0.139. The van der Waals surface area contributed by atoms with Crippen LogP contribution in [0.5, 0.6) is 0 Å². The van der Waals surface area contributed by atoms with Gasteiger partial charge in [-0.25, -0.2) is 4.79 Å². The molecule has 0 bridgehead atoms. The van der Waals surface area contributed by atoms with Crippen LogP contribution in [0.1, 0.15) is 25.7 Å². The minimum absolute atomic E-state index is 0.0569. The highest BCUT2D eigenvalue weighted by molar-refractivity contribution is 8.14. The molecule has 0 aliphatic heterocycles. The zero-order valence-electron chi connectivity index (χ0n) is 19.5. The molecule has 0 heterocycles. The third-order valence-corrected chi connectivity index (χ3v) is 5.56. The Hall–Kier alpha value is -2.02. The molecule has 0 spiro atoms. The van der Waals surface area contributed by atoms with Gasteiger partial charge in [0.1, 0.15) is 0 Å². The molecule has 1 rings (SSSR count). The van der Waals surface area contributed by atoms with Crippen molar-refractivity contribution in [2.45, 2.75) is 37.9 Å². The molecule has 0 saturated heterocycles. The van der Waals surface area contributed by atoms with Gasteiger partial charge in [-0.15, -0.1) is 0 Å². The van der Waals surface area contributed by atoms with Crippen molar-refractivity contribution in [3.8, 4) is 0 Å². The molecule has 1 fully saturated rings. The summed E-state index contributed by atoms with van der Waals surface area (Å²) in [5, 5.41) is 45.1. The minimum Gasteiger partial charge on any atom is -0.462 e. The summed E-state index contributed by atoms with van der Waals surface area (Å²) in [5.74, 6) is 0.464. The molecule has 10 nitrogen and oxygen atoms in total. The molecule has 196 valence electrons. The van der Waals surface area contributed by atoms with Crippen LogP contribution >= 0.6 is 11.8 Å². The number of aliphatic hydroxyl groups is 5. The van der Waals surface area contributed by atoms with Gasteiger partial charge in [0.25, 0.3) is 0 Å². The predicted molar refractivity (Wildman–Crippen MR) is 131 cm³/mol. The largest absolute Gasteiger partial charge is 0.462 e. The van der Waals surface area contributed by atoms with Gasteiger partial charge in [0.15, 0.2) is 0 Å². The Morgan fingerprint density at radius 3 is 1.91 bits per heavy atom. The number of nitrogens with one attached hydrogen (secondary N) is 1. The molecule has 2 unspecified atom stereocenters. The summed E-state index contributed by atoms with van der Waals surface area (Å²) >= 11 is 0.942. The fourth-order valence-corrected chi connectivity index (χ4v) is 3.06. The fourth-order valence-electron chi connectivity index (χ4n) is 2.48. The summed E-state index contributed by atoms with van der Waals surface area (Å²) in [5.41, 5.74) is 0. The van der Waals surface area contributed by atoms with Crippen molar-refractivity contribution in [3.05, 3.63) is 38.0 Å². The quantitative estimate of drug-likeness (QED) is 0.156. The standard InChI is InChI=1S/C11H18O3.C6H11NO3.C6H10O3S/c1-2-11(13)14-8-10-5-3-9(7-12)4-6-10;1-2-6(10)7-3-5(9)4-8;1-2-6(9)10-4-5(8)3-7/h2,9-10,12H,1,3-8H2;2,5,8-9H,1,3-4H2,(H,7,10);2,5,7-8H,1,3-4H2. The average molecular weight is 506 g/mol. The van der Waals surface area contributed by atoms with E-state index in [1.165, 1.54) is 12.2 Å². The van der Waals surface area contributed by atoms with E-state index in [-0.39, 0.29) is 42.5 Å². The lowest BCUT2D eigenvalue weighted by Gasteiger charge is -2.26. The first kappa shape index (κ1) is 34.1. The number of aliphatic hydroxyl groups excluding tert-OH is 5. The van der Waals surface area contributed by atoms with E-state index in [1.54, 1.807) is 0 Å². The van der Waals surface area contributed by atoms with Crippen LogP contribution in [0.15, 0.2) is 38.0 Å². The van der Waals surface area contributed by atoms with Crippen LogP contribution in [-0.4, -0.2) is 93.5 Å². The normalized spacial score (nSPS) is 18.4. The van der Waals surface area contributed by atoms with Gasteiger partial charge < -0.3 is 35.6 Å². The number of carbonyl (C=O) groups excluding carboxylic acids is 3. The predicted octanol–water partition coefficient (Wildman–Crippen LogP) is -0.0585. The van der Waals surface area contributed by atoms with E-state index in [2.05, 4.69) is 25.1 Å². The van der Waals surface area contributed by atoms with Gasteiger partial charge in [0.2, 0.25) is 11.0 Å². The van der Waals surface area contributed by atoms with Crippen LogP contribution in [0.3, 0.4) is 0 Å². The van der Waals surface area contributed by atoms with Gasteiger partial charge in [-0.2, -0.15) is 0 Å². The highest BCUT2D eigenvalue weighted by Crippen LogP contribution is 2.28. The summed E-state index contributed by atoms with van der Waals surface area (Å²) in [4.78, 5) is 31.7.